The van der Waals surface area contributed by atoms with Gasteiger partial charge >= 0.3 is 0 Å². The van der Waals surface area contributed by atoms with E-state index in [1.165, 1.54) is 0 Å². The van der Waals surface area contributed by atoms with Crippen molar-refractivity contribution in [1.29, 1.82) is 0 Å². The zero-order valence-electron chi connectivity index (χ0n) is 13.0. The van der Waals surface area contributed by atoms with E-state index in [-0.39, 0.29) is 5.91 Å². The Morgan fingerprint density at radius 3 is 2.81 bits per heavy atom. The molecular weight excluding hydrogens is 288 g/mol. The highest BCUT2D eigenvalue weighted by Gasteiger charge is 2.16. The first-order valence-electron chi connectivity index (χ1n) is 7.52. The molecule has 0 aliphatic heterocycles. The molecule has 0 radical (unpaired) electrons. The zero-order valence-corrected chi connectivity index (χ0v) is 13.8. The average Bonchev–Trinajstić information content (AvgIpc) is 2.47. The Morgan fingerprint density at radius 2 is 2.14 bits per heavy atom. The highest BCUT2D eigenvalue weighted by Crippen LogP contribution is 2.24. The van der Waals surface area contributed by atoms with E-state index < -0.39 is 6.10 Å². The zero-order chi connectivity index (χ0) is 15.7. The Hall–Kier alpha value is -1.26. The summed E-state index contributed by atoms with van der Waals surface area (Å²) in [6.07, 6.45) is 1.51. The Labute approximate surface area is 132 Å². The first-order chi connectivity index (χ1) is 10.1. The predicted octanol–water partition coefficient (Wildman–Crippen LogP) is 3.13. The van der Waals surface area contributed by atoms with E-state index in [2.05, 4.69) is 17.6 Å². The molecule has 0 spiro atoms. The molecule has 1 unspecified atom stereocenters. The van der Waals surface area contributed by atoms with Crippen LogP contribution in [0.3, 0.4) is 0 Å². The molecular formula is C16H25ClN2O2. The molecule has 1 rings (SSSR count). The van der Waals surface area contributed by atoms with E-state index >= 15 is 0 Å². The Balaban J connectivity index is 2.65. The lowest BCUT2D eigenvalue weighted by Gasteiger charge is -2.17. The van der Waals surface area contributed by atoms with E-state index in [0.717, 1.165) is 24.9 Å². The van der Waals surface area contributed by atoms with Crippen molar-refractivity contribution in [3.05, 3.63) is 28.8 Å². The normalized spacial score (nSPS) is 12.0. The number of carbonyl (C=O) groups is 1. The number of hydrogen-bond acceptors (Lipinski definition) is 3. The molecule has 2 N–H and O–H groups in total. The van der Waals surface area contributed by atoms with Crippen molar-refractivity contribution in [2.45, 2.75) is 46.3 Å². The fraction of sp³-hybridized carbons (Fsp3) is 0.562. The second-order valence-corrected chi connectivity index (χ2v) is 5.37. The molecule has 0 fully saturated rings. The van der Waals surface area contributed by atoms with Gasteiger partial charge in [-0.15, -0.1) is 0 Å². The number of amides is 1. The van der Waals surface area contributed by atoms with Gasteiger partial charge in [-0.25, -0.2) is 0 Å². The van der Waals surface area contributed by atoms with Gasteiger partial charge < -0.3 is 15.4 Å². The lowest BCUT2D eigenvalue weighted by Crippen LogP contribution is -2.37. The molecule has 1 atom stereocenters. The van der Waals surface area contributed by atoms with E-state index in [1.54, 1.807) is 13.0 Å². The van der Waals surface area contributed by atoms with Crippen LogP contribution in [0.15, 0.2) is 18.2 Å². The first-order valence-corrected chi connectivity index (χ1v) is 7.89. The molecule has 0 heterocycles. The van der Waals surface area contributed by atoms with Crippen LogP contribution in [0.5, 0.6) is 5.75 Å². The quantitative estimate of drug-likeness (QED) is 0.689. The summed E-state index contributed by atoms with van der Waals surface area (Å²) >= 11 is 6.02. The van der Waals surface area contributed by atoms with Crippen LogP contribution < -0.4 is 15.4 Å². The van der Waals surface area contributed by atoms with Crippen LogP contribution in [-0.2, 0) is 11.3 Å². The van der Waals surface area contributed by atoms with Crippen molar-refractivity contribution in [3.63, 3.8) is 0 Å². The summed E-state index contributed by atoms with van der Waals surface area (Å²) in [4.78, 5) is 11.9. The third-order valence-corrected chi connectivity index (χ3v) is 3.33. The molecule has 0 aliphatic carbocycles. The van der Waals surface area contributed by atoms with E-state index in [0.29, 0.717) is 23.9 Å². The lowest BCUT2D eigenvalue weighted by molar-refractivity contribution is -0.127. The second kappa shape index (κ2) is 9.64. The summed E-state index contributed by atoms with van der Waals surface area (Å²) in [6, 6.07) is 5.44. The lowest BCUT2D eigenvalue weighted by atomic mass is 10.2. The van der Waals surface area contributed by atoms with Crippen LogP contribution in [0, 0.1) is 0 Å². The van der Waals surface area contributed by atoms with Gasteiger partial charge in [0.05, 0.1) is 0 Å². The van der Waals surface area contributed by atoms with Gasteiger partial charge in [-0.3, -0.25) is 4.79 Å². The maximum absolute atomic E-state index is 11.9. The topological polar surface area (TPSA) is 50.4 Å². The van der Waals surface area contributed by atoms with Gasteiger partial charge in [0, 0.05) is 23.7 Å². The van der Waals surface area contributed by atoms with Crippen molar-refractivity contribution >= 4 is 17.5 Å². The molecule has 5 heteroatoms. The molecule has 21 heavy (non-hydrogen) atoms. The molecule has 0 aromatic heterocycles. The average molecular weight is 313 g/mol. The molecule has 0 aliphatic rings. The van der Waals surface area contributed by atoms with Crippen molar-refractivity contribution in [2.24, 2.45) is 0 Å². The van der Waals surface area contributed by atoms with Gasteiger partial charge in [-0.1, -0.05) is 31.9 Å². The van der Waals surface area contributed by atoms with Gasteiger partial charge in [0.25, 0.3) is 5.91 Å². The number of carbonyl (C=O) groups excluding carboxylic acids is 1. The van der Waals surface area contributed by atoms with Crippen LogP contribution >= 0.6 is 11.6 Å². The third-order valence-electron chi connectivity index (χ3n) is 3.09. The van der Waals surface area contributed by atoms with Crippen LogP contribution in [-0.4, -0.2) is 25.1 Å². The number of unbranched alkanes of at least 4 members (excludes halogenated alkanes) is 1. The minimum Gasteiger partial charge on any atom is -0.481 e. The summed E-state index contributed by atoms with van der Waals surface area (Å²) < 4.78 is 5.78. The molecule has 0 saturated carbocycles. The fourth-order valence-corrected chi connectivity index (χ4v) is 2.03. The van der Waals surface area contributed by atoms with Crippen LogP contribution in [0.25, 0.3) is 0 Å². The number of rotatable bonds is 9. The molecule has 1 aromatic rings. The fourth-order valence-electron chi connectivity index (χ4n) is 1.84. The summed E-state index contributed by atoms with van der Waals surface area (Å²) in [6.45, 7) is 8.10. The van der Waals surface area contributed by atoms with Crippen molar-refractivity contribution in [1.82, 2.24) is 10.6 Å². The summed E-state index contributed by atoms with van der Waals surface area (Å²) in [5.74, 6) is 0.603. The minimum absolute atomic E-state index is 0.0900. The summed E-state index contributed by atoms with van der Waals surface area (Å²) in [5, 5.41) is 6.77. The number of halogens is 1. The third kappa shape index (κ3) is 6.36. The largest absolute Gasteiger partial charge is 0.481 e. The number of benzene rings is 1. The van der Waals surface area contributed by atoms with Gasteiger partial charge in [-0.05, 0) is 38.1 Å². The Kier molecular flexibility index (Phi) is 8.16. The summed E-state index contributed by atoms with van der Waals surface area (Å²) in [7, 11) is 0. The molecule has 0 bridgehead atoms. The SMILES string of the molecule is CCCCNC(=O)C(C)Oc1ccc(Cl)cc1CNCC. The molecule has 0 saturated heterocycles. The van der Waals surface area contributed by atoms with E-state index in [9.17, 15) is 4.79 Å². The van der Waals surface area contributed by atoms with Gasteiger partial charge in [0.2, 0.25) is 0 Å². The van der Waals surface area contributed by atoms with Gasteiger partial charge in [0.15, 0.2) is 6.10 Å². The number of nitrogens with one attached hydrogen (secondary N) is 2. The summed E-state index contributed by atoms with van der Waals surface area (Å²) in [5.41, 5.74) is 0.956. The van der Waals surface area contributed by atoms with E-state index in [1.807, 2.05) is 19.1 Å². The predicted molar refractivity (Wildman–Crippen MR) is 86.8 cm³/mol. The molecule has 1 aromatic carbocycles. The van der Waals surface area contributed by atoms with Crippen molar-refractivity contribution in [2.75, 3.05) is 13.1 Å². The highest BCUT2D eigenvalue weighted by molar-refractivity contribution is 6.30. The number of ether oxygens (including phenoxy) is 1. The van der Waals surface area contributed by atoms with E-state index in [4.69, 9.17) is 16.3 Å². The van der Waals surface area contributed by atoms with Gasteiger partial charge in [0.1, 0.15) is 5.75 Å². The molecule has 1 amide bonds. The van der Waals surface area contributed by atoms with Crippen LogP contribution in [0.2, 0.25) is 5.02 Å². The molecule has 118 valence electrons. The minimum atomic E-state index is -0.525. The van der Waals surface area contributed by atoms with Crippen molar-refractivity contribution in [3.8, 4) is 5.75 Å². The Morgan fingerprint density at radius 1 is 1.38 bits per heavy atom. The monoisotopic (exact) mass is 312 g/mol. The van der Waals surface area contributed by atoms with Gasteiger partial charge in [-0.2, -0.15) is 0 Å². The van der Waals surface area contributed by atoms with Crippen LogP contribution in [0.1, 0.15) is 39.2 Å². The molecule has 4 nitrogen and oxygen atoms in total. The standard InChI is InChI=1S/C16H25ClN2O2/c1-4-6-9-19-16(20)12(3)21-15-8-7-14(17)10-13(15)11-18-5-2/h7-8,10,12,18H,4-6,9,11H2,1-3H3,(H,19,20). The first kappa shape index (κ1) is 17.8. The maximum atomic E-state index is 11.9. The highest BCUT2D eigenvalue weighted by atomic mass is 35.5. The number of hydrogen-bond donors (Lipinski definition) is 2. The smallest absolute Gasteiger partial charge is 0.260 e. The van der Waals surface area contributed by atoms with Crippen LogP contribution in [0.4, 0.5) is 0 Å². The Bertz CT molecular complexity index is 452. The maximum Gasteiger partial charge on any atom is 0.260 e. The van der Waals surface area contributed by atoms with Crippen molar-refractivity contribution < 1.29 is 9.53 Å². The second-order valence-electron chi connectivity index (χ2n) is 4.94.